The van der Waals surface area contributed by atoms with Gasteiger partial charge in [0.05, 0.1) is 15.7 Å². The molecule has 0 atom stereocenters. The normalized spacial score (nSPS) is 10.5. The molecule has 2 N–H and O–H groups in total. The molecule has 19 heavy (non-hydrogen) atoms. The van der Waals surface area contributed by atoms with Crippen LogP contribution in [-0.2, 0) is 11.4 Å². The molecule has 0 saturated heterocycles. The molecular formula is C12H9Br2FN2O2. The highest BCUT2D eigenvalue weighted by atomic mass is 79.9. The van der Waals surface area contributed by atoms with Crippen LogP contribution in [0.15, 0.2) is 39.4 Å². The maximum Gasteiger partial charge on any atom is 0.291 e. The van der Waals surface area contributed by atoms with Crippen LogP contribution in [0.2, 0.25) is 0 Å². The van der Waals surface area contributed by atoms with Crippen LogP contribution in [0.25, 0.3) is 0 Å². The van der Waals surface area contributed by atoms with Crippen molar-refractivity contribution < 1.29 is 14.0 Å². The van der Waals surface area contributed by atoms with E-state index in [1.54, 1.807) is 18.2 Å². The van der Waals surface area contributed by atoms with Gasteiger partial charge in [0.2, 0.25) is 0 Å². The molecule has 4 nitrogen and oxygen atoms in total. The molecule has 0 saturated carbocycles. The summed E-state index contributed by atoms with van der Waals surface area (Å²) in [6.45, 7) is 0.162. The molecular weight excluding hydrogens is 383 g/mol. The molecule has 2 rings (SSSR count). The number of hydrogen-bond acceptors (Lipinski definition) is 2. The molecule has 0 bridgehead atoms. The second-order valence-corrected chi connectivity index (χ2v) is 5.34. The number of aromatic nitrogens is 1. The van der Waals surface area contributed by atoms with Gasteiger partial charge >= 0.3 is 0 Å². The topological polar surface area (TPSA) is 54.1 Å². The number of hydrogen-bond donors (Lipinski definition) is 2. The molecule has 100 valence electrons. The van der Waals surface area contributed by atoms with Gasteiger partial charge in [0.15, 0.2) is 0 Å². The number of carbonyl (C=O) groups is 1. The van der Waals surface area contributed by atoms with E-state index in [2.05, 4.69) is 42.3 Å². The zero-order valence-corrected chi connectivity index (χ0v) is 12.7. The number of benzene rings is 1. The van der Waals surface area contributed by atoms with Crippen molar-refractivity contribution in [2.45, 2.75) is 6.61 Å². The first-order valence-corrected chi connectivity index (χ1v) is 6.85. The number of hydroxylamine groups is 1. The fourth-order valence-corrected chi connectivity index (χ4v) is 2.00. The van der Waals surface area contributed by atoms with Crippen molar-refractivity contribution in [1.29, 1.82) is 0 Å². The lowest BCUT2D eigenvalue weighted by atomic mass is 10.2. The van der Waals surface area contributed by atoms with E-state index in [-0.39, 0.29) is 12.4 Å². The summed E-state index contributed by atoms with van der Waals surface area (Å²) in [6.07, 6.45) is 0. The third kappa shape index (κ3) is 3.89. The average Bonchev–Trinajstić information content (AvgIpc) is 2.72. The van der Waals surface area contributed by atoms with Gasteiger partial charge in [0, 0.05) is 0 Å². The van der Waals surface area contributed by atoms with Crippen molar-refractivity contribution in [1.82, 2.24) is 10.5 Å². The smallest absolute Gasteiger partial charge is 0.291 e. The first kappa shape index (κ1) is 14.2. The molecule has 0 unspecified atom stereocenters. The molecule has 1 aromatic carbocycles. The monoisotopic (exact) mass is 390 g/mol. The van der Waals surface area contributed by atoms with Crippen molar-refractivity contribution in [3.8, 4) is 0 Å². The van der Waals surface area contributed by atoms with Crippen LogP contribution in [0.4, 0.5) is 4.39 Å². The molecule has 0 radical (unpaired) electrons. The van der Waals surface area contributed by atoms with E-state index in [0.717, 1.165) is 10.0 Å². The van der Waals surface area contributed by atoms with Gasteiger partial charge in [0.1, 0.15) is 11.5 Å². The Morgan fingerprint density at radius 2 is 2.00 bits per heavy atom. The predicted octanol–water partition coefficient (Wildman–Crippen LogP) is 3.54. The lowest BCUT2D eigenvalue weighted by Gasteiger charge is -2.04. The Labute approximate surface area is 125 Å². The number of aromatic amines is 1. The van der Waals surface area contributed by atoms with Gasteiger partial charge in [-0.1, -0.05) is 12.1 Å². The van der Waals surface area contributed by atoms with Gasteiger partial charge in [-0.15, -0.1) is 0 Å². The minimum absolute atomic E-state index is 0.162. The molecule has 1 heterocycles. The summed E-state index contributed by atoms with van der Waals surface area (Å²) in [5, 5.41) is 0. The van der Waals surface area contributed by atoms with Gasteiger partial charge in [0.25, 0.3) is 5.91 Å². The Bertz CT molecular complexity index is 564. The quantitative estimate of drug-likeness (QED) is 0.783. The van der Waals surface area contributed by atoms with E-state index in [4.69, 9.17) is 4.84 Å². The largest absolute Gasteiger partial charge is 0.344 e. The zero-order chi connectivity index (χ0) is 13.8. The van der Waals surface area contributed by atoms with Crippen molar-refractivity contribution in [2.75, 3.05) is 0 Å². The molecule has 7 heteroatoms. The summed E-state index contributed by atoms with van der Waals surface area (Å²) in [6, 6.07) is 7.46. The second-order valence-electron chi connectivity index (χ2n) is 3.69. The van der Waals surface area contributed by atoms with Crippen LogP contribution in [0.5, 0.6) is 0 Å². The molecule has 0 spiro atoms. The Balaban J connectivity index is 1.85. The van der Waals surface area contributed by atoms with E-state index in [9.17, 15) is 9.18 Å². The predicted molar refractivity (Wildman–Crippen MR) is 74.8 cm³/mol. The highest BCUT2D eigenvalue weighted by Gasteiger charge is 2.10. The summed E-state index contributed by atoms with van der Waals surface area (Å²) in [4.78, 5) is 19.6. The Hall–Kier alpha value is -1.18. The fraction of sp³-hybridized carbons (Fsp3) is 0.0833. The van der Waals surface area contributed by atoms with Crippen molar-refractivity contribution in [3.63, 3.8) is 0 Å². The first-order valence-electron chi connectivity index (χ1n) is 5.27. The summed E-state index contributed by atoms with van der Waals surface area (Å²) in [5.74, 6) is -0.706. The van der Waals surface area contributed by atoms with E-state index >= 15 is 0 Å². The van der Waals surface area contributed by atoms with Gasteiger partial charge in [-0.3, -0.25) is 9.63 Å². The SMILES string of the molecule is O=C(NOCc1ccc(F)cc1)c1cc(Br)c(Br)[nH]1. The van der Waals surface area contributed by atoms with Crippen LogP contribution >= 0.6 is 31.9 Å². The molecule has 1 amide bonds. The maximum absolute atomic E-state index is 12.7. The first-order chi connectivity index (χ1) is 9.06. The van der Waals surface area contributed by atoms with E-state index in [0.29, 0.717) is 10.3 Å². The van der Waals surface area contributed by atoms with Crippen molar-refractivity contribution in [2.24, 2.45) is 0 Å². The lowest BCUT2D eigenvalue weighted by molar-refractivity contribution is 0.0229. The molecule has 1 aromatic heterocycles. The molecule has 0 aliphatic heterocycles. The molecule has 0 aliphatic rings. The standard InChI is InChI=1S/C12H9Br2FN2O2/c13-9-5-10(16-11(9)14)12(18)17-19-6-7-1-3-8(15)4-2-7/h1-5,16H,6H2,(H,17,18). The van der Waals surface area contributed by atoms with Crippen molar-refractivity contribution >= 4 is 37.8 Å². The minimum atomic E-state index is -0.395. The Morgan fingerprint density at radius 1 is 1.32 bits per heavy atom. The van der Waals surface area contributed by atoms with Gasteiger partial charge < -0.3 is 4.98 Å². The fourth-order valence-electron chi connectivity index (χ4n) is 1.35. The third-order valence-electron chi connectivity index (χ3n) is 2.29. The molecule has 0 fully saturated rings. The second kappa shape index (κ2) is 6.31. The van der Waals surface area contributed by atoms with E-state index in [1.165, 1.54) is 12.1 Å². The highest BCUT2D eigenvalue weighted by Crippen LogP contribution is 2.22. The Morgan fingerprint density at radius 3 is 2.58 bits per heavy atom. The van der Waals surface area contributed by atoms with Crippen LogP contribution in [0, 0.1) is 5.82 Å². The van der Waals surface area contributed by atoms with Crippen molar-refractivity contribution in [3.05, 3.63) is 56.5 Å². The summed E-state index contributed by atoms with van der Waals surface area (Å²) >= 11 is 6.50. The lowest BCUT2D eigenvalue weighted by Crippen LogP contribution is -2.23. The van der Waals surface area contributed by atoms with E-state index in [1.807, 2.05) is 0 Å². The van der Waals surface area contributed by atoms with Gasteiger partial charge in [-0.05, 0) is 55.6 Å². The number of halogens is 3. The number of amides is 1. The number of rotatable bonds is 4. The third-order valence-corrected chi connectivity index (χ3v) is 4.07. The van der Waals surface area contributed by atoms with Crippen LogP contribution in [0.1, 0.15) is 16.1 Å². The summed E-state index contributed by atoms with van der Waals surface area (Å²) < 4.78 is 14.1. The average molecular weight is 392 g/mol. The van der Waals surface area contributed by atoms with Crippen LogP contribution in [-0.4, -0.2) is 10.9 Å². The molecule has 2 aromatic rings. The van der Waals surface area contributed by atoms with Gasteiger partial charge in [-0.2, -0.15) is 0 Å². The van der Waals surface area contributed by atoms with E-state index < -0.39 is 5.91 Å². The zero-order valence-electron chi connectivity index (χ0n) is 9.54. The summed E-state index contributed by atoms with van der Waals surface area (Å²) in [5.41, 5.74) is 3.42. The molecule has 0 aliphatic carbocycles. The van der Waals surface area contributed by atoms with Crippen LogP contribution in [0.3, 0.4) is 0 Å². The Kier molecular flexibility index (Phi) is 4.73. The number of H-pyrrole nitrogens is 1. The minimum Gasteiger partial charge on any atom is -0.344 e. The highest BCUT2D eigenvalue weighted by molar-refractivity contribution is 9.13. The number of carbonyl (C=O) groups excluding carboxylic acids is 1. The maximum atomic E-state index is 12.7. The number of nitrogens with one attached hydrogen (secondary N) is 2. The van der Waals surface area contributed by atoms with Crippen LogP contribution < -0.4 is 5.48 Å². The van der Waals surface area contributed by atoms with Gasteiger partial charge in [-0.25, -0.2) is 9.87 Å². The summed E-state index contributed by atoms with van der Waals surface area (Å²) in [7, 11) is 0.